The maximum atomic E-state index is 4.62. The summed E-state index contributed by atoms with van der Waals surface area (Å²) in [6, 6.07) is 3.84. The average Bonchev–Trinajstić information content (AvgIpc) is 3.18. The topological polar surface area (TPSA) is 67.3 Å². The highest BCUT2D eigenvalue weighted by Gasteiger charge is 2.25. The summed E-state index contributed by atoms with van der Waals surface area (Å²) in [6.07, 6.45) is 7.77. The van der Waals surface area contributed by atoms with Crippen LogP contribution in [0.25, 0.3) is 22.7 Å². The zero-order chi connectivity index (χ0) is 11.9. The number of H-pyrrole nitrogens is 1. The lowest BCUT2D eigenvalue weighted by Crippen LogP contribution is -1.93. The van der Waals surface area contributed by atoms with Gasteiger partial charge in [0.2, 0.25) is 0 Å². The lowest BCUT2D eigenvalue weighted by molar-refractivity contribution is 0.985. The first-order valence-corrected chi connectivity index (χ1v) is 6.03. The van der Waals surface area contributed by atoms with Crippen molar-refractivity contribution in [2.24, 2.45) is 0 Å². The molecule has 18 heavy (non-hydrogen) atoms. The van der Waals surface area contributed by atoms with Crippen LogP contribution >= 0.6 is 0 Å². The van der Waals surface area contributed by atoms with Crippen molar-refractivity contribution in [3.05, 3.63) is 36.4 Å². The molecule has 88 valence electrons. The monoisotopic (exact) mass is 237 g/mol. The minimum absolute atomic E-state index is 0.597. The molecule has 0 aromatic carbocycles. The molecular formula is C13H11N5. The summed E-state index contributed by atoms with van der Waals surface area (Å²) in [5.41, 5.74) is 3.50. The third kappa shape index (κ3) is 1.55. The number of imidazole rings is 1. The number of hydrogen-bond donors (Lipinski definition) is 1. The molecule has 0 bridgehead atoms. The minimum Gasteiger partial charge on any atom is -0.335 e. The fraction of sp³-hybridized carbons (Fsp3) is 0.231. The Morgan fingerprint density at radius 2 is 2.11 bits per heavy atom. The summed E-state index contributed by atoms with van der Waals surface area (Å²) in [5, 5.41) is 0. The second-order valence-electron chi connectivity index (χ2n) is 4.56. The van der Waals surface area contributed by atoms with Gasteiger partial charge in [0, 0.05) is 18.3 Å². The van der Waals surface area contributed by atoms with E-state index >= 15 is 0 Å². The zero-order valence-corrected chi connectivity index (χ0v) is 9.67. The molecule has 1 aliphatic carbocycles. The van der Waals surface area contributed by atoms with Crippen molar-refractivity contribution in [1.82, 2.24) is 24.9 Å². The highest BCUT2D eigenvalue weighted by atomic mass is 15.0. The molecule has 5 heteroatoms. The molecule has 3 heterocycles. The Balaban J connectivity index is 1.83. The van der Waals surface area contributed by atoms with Gasteiger partial charge in [0.05, 0.1) is 17.4 Å². The van der Waals surface area contributed by atoms with Crippen molar-refractivity contribution >= 4 is 11.2 Å². The molecule has 0 saturated heterocycles. The quantitative estimate of drug-likeness (QED) is 0.742. The number of nitrogens with zero attached hydrogens (tertiary/aromatic N) is 4. The van der Waals surface area contributed by atoms with Crippen LogP contribution in [-0.4, -0.2) is 24.9 Å². The fourth-order valence-corrected chi connectivity index (χ4v) is 2.04. The number of aromatic nitrogens is 5. The van der Waals surface area contributed by atoms with Crippen molar-refractivity contribution < 1.29 is 0 Å². The van der Waals surface area contributed by atoms with Crippen LogP contribution in [0.2, 0.25) is 0 Å². The van der Waals surface area contributed by atoms with Crippen molar-refractivity contribution in [2.75, 3.05) is 0 Å². The van der Waals surface area contributed by atoms with Gasteiger partial charge in [-0.1, -0.05) is 0 Å². The molecule has 3 aromatic rings. The zero-order valence-electron chi connectivity index (χ0n) is 9.67. The number of hydrogen-bond acceptors (Lipinski definition) is 4. The molecule has 0 amide bonds. The Labute approximate surface area is 103 Å². The van der Waals surface area contributed by atoms with E-state index in [4.69, 9.17) is 0 Å². The number of nitrogens with one attached hydrogen (secondary N) is 1. The molecule has 1 fully saturated rings. The number of aromatic amines is 1. The van der Waals surface area contributed by atoms with Gasteiger partial charge in [-0.15, -0.1) is 0 Å². The van der Waals surface area contributed by atoms with E-state index in [1.807, 2.05) is 18.3 Å². The van der Waals surface area contributed by atoms with E-state index in [2.05, 4.69) is 24.9 Å². The molecule has 1 aliphatic rings. The summed E-state index contributed by atoms with van der Waals surface area (Å²) in [6.45, 7) is 0. The standard InChI is InChI=1S/C13H11N5/c1-2-9-12(15-5-1)18-13(17-9)11-7-14-6-10(16-11)8-3-4-8/h1-2,5-8H,3-4H2,(H,15,17,18). The van der Waals surface area contributed by atoms with Crippen molar-refractivity contribution in [1.29, 1.82) is 0 Å². The molecule has 3 aromatic heterocycles. The fourth-order valence-electron chi connectivity index (χ4n) is 2.04. The second-order valence-corrected chi connectivity index (χ2v) is 4.56. The van der Waals surface area contributed by atoms with Crippen LogP contribution in [0.5, 0.6) is 0 Å². The molecule has 1 N–H and O–H groups in total. The van der Waals surface area contributed by atoms with Crippen LogP contribution < -0.4 is 0 Å². The normalized spacial score (nSPS) is 15.1. The minimum atomic E-state index is 0.597. The van der Waals surface area contributed by atoms with Crippen molar-refractivity contribution in [3.63, 3.8) is 0 Å². The van der Waals surface area contributed by atoms with E-state index in [1.165, 1.54) is 12.8 Å². The molecule has 1 saturated carbocycles. The van der Waals surface area contributed by atoms with Gasteiger partial charge in [0.15, 0.2) is 11.5 Å². The first-order valence-electron chi connectivity index (χ1n) is 6.03. The Bertz CT molecular complexity index is 681. The van der Waals surface area contributed by atoms with Crippen LogP contribution in [0.4, 0.5) is 0 Å². The SMILES string of the molecule is c1cnc2nc(-c3cncc(C4CC4)n3)[nH]c2c1. The van der Waals surface area contributed by atoms with Gasteiger partial charge < -0.3 is 4.98 Å². The maximum absolute atomic E-state index is 4.62. The Morgan fingerprint density at radius 3 is 2.94 bits per heavy atom. The van der Waals surface area contributed by atoms with Gasteiger partial charge in [-0.25, -0.2) is 15.0 Å². The summed E-state index contributed by atoms with van der Waals surface area (Å²) < 4.78 is 0. The summed E-state index contributed by atoms with van der Waals surface area (Å²) in [5.74, 6) is 1.33. The Morgan fingerprint density at radius 1 is 1.17 bits per heavy atom. The van der Waals surface area contributed by atoms with Gasteiger partial charge in [-0.2, -0.15) is 0 Å². The van der Waals surface area contributed by atoms with E-state index < -0.39 is 0 Å². The molecule has 5 nitrogen and oxygen atoms in total. The van der Waals surface area contributed by atoms with Crippen molar-refractivity contribution in [3.8, 4) is 11.5 Å². The third-order valence-corrected chi connectivity index (χ3v) is 3.15. The third-order valence-electron chi connectivity index (χ3n) is 3.15. The highest BCUT2D eigenvalue weighted by Crippen LogP contribution is 2.38. The van der Waals surface area contributed by atoms with Crippen LogP contribution in [0, 0.1) is 0 Å². The first kappa shape index (κ1) is 9.70. The van der Waals surface area contributed by atoms with Gasteiger partial charge in [-0.3, -0.25) is 4.98 Å². The summed E-state index contributed by atoms with van der Waals surface area (Å²) in [7, 11) is 0. The van der Waals surface area contributed by atoms with E-state index in [1.54, 1.807) is 12.4 Å². The van der Waals surface area contributed by atoms with Gasteiger partial charge in [0.1, 0.15) is 5.69 Å². The van der Waals surface area contributed by atoms with E-state index in [0.717, 1.165) is 22.7 Å². The van der Waals surface area contributed by atoms with Crippen LogP contribution in [0.15, 0.2) is 30.7 Å². The molecule has 0 radical (unpaired) electrons. The molecule has 0 unspecified atom stereocenters. The number of pyridine rings is 1. The van der Waals surface area contributed by atoms with Crippen molar-refractivity contribution in [2.45, 2.75) is 18.8 Å². The van der Waals surface area contributed by atoms with E-state index in [-0.39, 0.29) is 0 Å². The summed E-state index contributed by atoms with van der Waals surface area (Å²) in [4.78, 5) is 20.7. The van der Waals surface area contributed by atoms with E-state index in [9.17, 15) is 0 Å². The lowest BCUT2D eigenvalue weighted by Gasteiger charge is -1.99. The first-order chi connectivity index (χ1) is 8.90. The lowest BCUT2D eigenvalue weighted by atomic mass is 10.3. The number of rotatable bonds is 2. The molecule has 0 spiro atoms. The predicted molar refractivity (Wildman–Crippen MR) is 66.9 cm³/mol. The Kier molecular flexibility index (Phi) is 1.94. The van der Waals surface area contributed by atoms with E-state index in [0.29, 0.717) is 11.6 Å². The largest absolute Gasteiger partial charge is 0.335 e. The van der Waals surface area contributed by atoms with Crippen LogP contribution in [0.1, 0.15) is 24.5 Å². The van der Waals surface area contributed by atoms with Crippen LogP contribution in [0.3, 0.4) is 0 Å². The predicted octanol–water partition coefficient (Wildman–Crippen LogP) is 2.29. The summed E-state index contributed by atoms with van der Waals surface area (Å²) >= 11 is 0. The molecule has 0 aliphatic heterocycles. The van der Waals surface area contributed by atoms with Crippen LogP contribution in [-0.2, 0) is 0 Å². The average molecular weight is 237 g/mol. The molecule has 4 rings (SSSR count). The number of fused-ring (bicyclic) bond motifs is 1. The smallest absolute Gasteiger partial charge is 0.178 e. The molecule has 0 atom stereocenters. The van der Waals surface area contributed by atoms with Gasteiger partial charge in [-0.05, 0) is 25.0 Å². The molecular weight excluding hydrogens is 226 g/mol. The maximum Gasteiger partial charge on any atom is 0.178 e. The van der Waals surface area contributed by atoms with Gasteiger partial charge >= 0.3 is 0 Å². The highest BCUT2D eigenvalue weighted by molar-refractivity contribution is 5.74. The second kappa shape index (κ2) is 3.60. The Hall–Kier alpha value is -2.30. The van der Waals surface area contributed by atoms with Gasteiger partial charge in [0.25, 0.3) is 0 Å².